The van der Waals surface area contributed by atoms with Gasteiger partial charge in [-0.15, -0.1) is 0 Å². The van der Waals surface area contributed by atoms with Crippen molar-refractivity contribution in [2.24, 2.45) is 11.8 Å². The Kier molecular flexibility index (Phi) is 32.9. The quantitative estimate of drug-likeness (QED) is 0.309. The first kappa shape index (κ1) is 34.4. The molecule has 0 atom stereocenters. The van der Waals surface area contributed by atoms with Crippen molar-refractivity contribution in [3.05, 3.63) is 0 Å². The molecule has 0 unspecified atom stereocenters. The standard InChI is InChI=1S/2C5H12.Na.2H3O3PS.H/c2*1-4-5(2)3;;2*1-4(2,3)5;/h2*5H,4H2,1-3H3;;2*(H3,1,2,3,5);. The molecule has 0 aromatic carbocycles. The van der Waals surface area contributed by atoms with Gasteiger partial charge in [-0.1, -0.05) is 54.4 Å². The van der Waals surface area contributed by atoms with Crippen molar-refractivity contribution < 1.29 is 29.4 Å². The molecule has 0 aliphatic rings. The number of rotatable bonds is 2. The molecule has 0 aromatic rings. The molecular weight excluding hydrogens is 365 g/mol. The van der Waals surface area contributed by atoms with Gasteiger partial charge < -0.3 is 29.4 Å². The van der Waals surface area contributed by atoms with Gasteiger partial charge in [0.25, 0.3) is 0 Å². The van der Waals surface area contributed by atoms with Crippen LogP contribution >= 0.6 is 13.4 Å². The molecule has 6 nitrogen and oxygen atoms in total. The molecule has 21 heavy (non-hydrogen) atoms. The fourth-order valence-corrected chi connectivity index (χ4v) is 0. The summed E-state index contributed by atoms with van der Waals surface area (Å²) in [6.07, 6.45) is 2.61. The van der Waals surface area contributed by atoms with E-state index in [0.29, 0.717) is 0 Å². The van der Waals surface area contributed by atoms with Crippen molar-refractivity contribution in [2.45, 2.75) is 54.4 Å². The zero-order valence-electron chi connectivity index (χ0n) is 13.0. The van der Waals surface area contributed by atoms with Crippen LogP contribution in [0.1, 0.15) is 54.4 Å². The van der Waals surface area contributed by atoms with E-state index >= 15 is 0 Å². The summed E-state index contributed by atoms with van der Waals surface area (Å²) in [5.74, 6) is 1.77. The molecule has 0 saturated heterocycles. The SMILES string of the molecule is CCC(C)C.CCC(C)C.OP(O)(O)=S.OP(O)(O)=S.[NaH]. The van der Waals surface area contributed by atoms with Gasteiger partial charge in [-0.25, -0.2) is 0 Å². The van der Waals surface area contributed by atoms with E-state index in [9.17, 15) is 0 Å². The van der Waals surface area contributed by atoms with E-state index in [-0.39, 0.29) is 29.6 Å². The fraction of sp³-hybridized carbons (Fsp3) is 1.00. The summed E-state index contributed by atoms with van der Waals surface area (Å²) in [4.78, 5) is 45.3. The number of hydrogen-bond acceptors (Lipinski definition) is 2. The van der Waals surface area contributed by atoms with Crippen molar-refractivity contribution in [1.82, 2.24) is 0 Å². The van der Waals surface area contributed by atoms with Gasteiger partial charge in [-0.2, -0.15) is 0 Å². The molecule has 0 rings (SSSR count). The van der Waals surface area contributed by atoms with Gasteiger partial charge in [0.15, 0.2) is 0 Å². The molecule has 130 valence electrons. The van der Waals surface area contributed by atoms with Gasteiger partial charge in [-0.3, -0.25) is 0 Å². The first-order valence-electron chi connectivity index (χ1n) is 6.11. The van der Waals surface area contributed by atoms with Crippen molar-refractivity contribution in [3.8, 4) is 0 Å². The fourth-order valence-electron chi connectivity index (χ4n) is 0. The Morgan fingerprint density at radius 2 is 0.714 bits per heavy atom. The number of hydrogen-bond donors (Lipinski definition) is 6. The van der Waals surface area contributed by atoms with Gasteiger partial charge in [0.1, 0.15) is 0 Å². The van der Waals surface area contributed by atoms with Crippen LogP contribution in [0.15, 0.2) is 0 Å². The van der Waals surface area contributed by atoms with Gasteiger partial charge >= 0.3 is 43.0 Å². The monoisotopic (exact) mass is 396 g/mol. The summed E-state index contributed by atoms with van der Waals surface area (Å²) in [5, 5.41) is 0. The van der Waals surface area contributed by atoms with Crippen LogP contribution in [0.4, 0.5) is 0 Å². The van der Waals surface area contributed by atoms with E-state index in [1.807, 2.05) is 0 Å². The third-order valence-corrected chi connectivity index (χ3v) is 1.63. The Morgan fingerprint density at radius 1 is 0.667 bits per heavy atom. The normalized spacial score (nSPS) is 10.2. The first-order chi connectivity index (χ1) is 8.54. The molecule has 0 radical (unpaired) electrons. The predicted molar refractivity (Wildman–Crippen MR) is 99.3 cm³/mol. The molecule has 0 amide bonds. The molecule has 0 aliphatic carbocycles. The third kappa shape index (κ3) is 242. The maximum absolute atomic E-state index is 7.56. The molecule has 0 aliphatic heterocycles. The summed E-state index contributed by atoms with van der Waals surface area (Å²) in [6, 6.07) is 0. The minimum atomic E-state index is -3.81. The van der Waals surface area contributed by atoms with Crippen LogP contribution in [0.25, 0.3) is 0 Å². The van der Waals surface area contributed by atoms with Crippen LogP contribution in [0.3, 0.4) is 0 Å². The average Bonchev–Trinajstić information content (AvgIpc) is 2.13. The topological polar surface area (TPSA) is 121 Å². The van der Waals surface area contributed by atoms with E-state index < -0.39 is 13.4 Å². The Hall–Kier alpha value is 2.06. The van der Waals surface area contributed by atoms with E-state index in [0.717, 1.165) is 11.8 Å². The molecule has 0 saturated carbocycles. The summed E-state index contributed by atoms with van der Waals surface area (Å²) >= 11 is 7.21. The third-order valence-electron chi connectivity index (χ3n) is 1.63. The van der Waals surface area contributed by atoms with E-state index in [2.05, 4.69) is 65.2 Å². The molecular formula is C10H31NaO6P2S2. The summed E-state index contributed by atoms with van der Waals surface area (Å²) < 4.78 is 0. The van der Waals surface area contributed by atoms with E-state index in [1.54, 1.807) is 0 Å². The van der Waals surface area contributed by atoms with Gasteiger partial charge in [-0.05, 0) is 35.4 Å². The van der Waals surface area contributed by atoms with Crippen molar-refractivity contribution in [1.29, 1.82) is 0 Å². The Labute approximate surface area is 161 Å². The molecule has 0 bridgehead atoms. The summed E-state index contributed by atoms with van der Waals surface area (Å²) in [5.41, 5.74) is 0. The predicted octanol–water partition coefficient (Wildman–Crippen LogP) is 1.83. The van der Waals surface area contributed by atoms with Crippen LogP contribution in [-0.4, -0.2) is 58.9 Å². The van der Waals surface area contributed by atoms with Crippen molar-refractivity contribution >= 4 is 66.6 Å². The molecule has 6 N–H and O–H groups in total. The molecule has 0 fully saturated rings. The Balaban J connectivity index is -0.0000000533. The molecule has 11 heteroatoms. The van der Waals surface area contributed by atoms with Crippen molar-refractivity contribution in [3.63, 3.8) is 0 Å². The second-order valence-electron chi connectivity index (χ2n) is 4.63. The van der Waals surface area contributed by atoms with Crippen LogP contribution in [0.2, 0.25) is 0 Å². The second kappa shape index (κ2) is 20.1. The summed E-state index contributed by atoms with van der Waals surface area (Å²) in [6.45, 7) is 5.68. The van der Waals surface area contributed by atoms with Gasteiger partial charge in [0, 0.05) is 0 Å². The Morgan fingerprint density at radius 3 is 0.714 bits per heavy atom. The van der Waals surface area contributed by atoms with Crippen molar-refractivity contribution in [2.75, 3.05) is 0 Å². The van der Waals surface area contributed by atoms with Gasteiger partial charge in [0.05, 0.1) is 0 Å². The second-order valence-corrected chi connectivity index (χ2v) is 9.62. The van der Waals surface area contributed by atoms with Crippen LogP contribution in [0.5, 0.6) is 0 Å². The zero-order valence-corrected chi connectivity index (χ0v) is 16.4. The molecule has 0 heterocycles. The molecule has 0 spiro atoms. The zero-order chi connectivity index (χ0) is 17.6. The molecule has 0 aromatic heterocycles. The minimum absolute atomic E-state index is 0. The van der Waals surface area contributed by atoms with E-state index in [4.69, 9.17) is 29.4 Å². The summed E-state index contributed by atoms with van der Waals surface area (Å²) in [7, 11) is 0. The van der Waals surface area contributed by atoms with Crippen LogP contribution in [-0.2, 0) is 23.6 Å². The van der Waals surface area contributed by atoms with Gasteiger partial charge in [0.2, 0.25) is 0 Å². The first-order valence-corrected chi connectivity index (χ1v) is 11.4. The van der Waals surface area contributed by atoms with E-state index in [1.165, 1.54) is 12.8 Å². The maximum atomic E-state index is 7.56. The Bertz CT molecular complexity index is 236. The van der Waals surface area contributed by atoms with Crippen LogP contribution in [0, 0.1) is 11.8 Å². The average molecular weight is 396 g/mol. The van der Waals surface area contributed by atoms with Crippen LogP contribution < -0.4 is 0 Å².